The van der Waals surface area contributed by atoms with Gasteiger partial charge in [-0.05, 0) is 53.6 Å². The number of halogens is 2. The largest absolute Gasteiger partial charge is 0.508 e. The zero-order valence-electron chi connectivity index (χ0n) is 27.2. The maximum absolute atomic E-state index is 14.0. The van der Waals surface area contributed by atoms with Crippen molar-refractivity contribution in [1.29, 1.82) is 0 Å². The number of benzene rings is 4. The molecule has 6 rings (SSSR count). The van der Waals surface area contributed by atoms with E-state index in [0.717, 1.165) is 48.5 Å². The third kappa shape index (κ3) is 7.99. The molecule has 0 spiro atoms. The average Bonchev–Trinajstić information content (AvgIpc) is 3.11. The number of hydrogen-bond acceptors (Lipinski definition) is 14. The Labute approximate surface area is 297 Å². The number of phenols is 4. The molecule has 53 heavy (non-hydrogen) atoms. The van der Waals surface area contributed by atoms with Gasteiger partial charge in [-0.2, -0.15) is 0 Å². The van der Waals surface area contributed by atoms with Gasteiger partial charge < -0.3 is 54.0 Å². The van der Waals surface area contributed by atoms with Crippen molar-refractivity contribution in [3.05, 3.63) is 112 Å². The minimum absolute atomic E-state index is 0.0844. The maximum Gasteiger partial charge on any atom is 0.310 e. The first kappa shape index (κ1) is 36.6. The lowest BCUT2D eigenvalue weighted by Crippen LogP contribution is -2.62. The van der Waals surface area contributed by atoms with Crippen molar-refractivity contribution in [3.8, 4) is 40.1 Å². The van der Waals surface area contributed by atoms with Crippen molar-refractivity contribution in [1.82, 2.24) is 0 Å². The van der Waals surface area contributed by atoms with Gasteiger partial charge in [0.15, 0.2) is 23.4 Å². The fourth-order valence-electron chi connectivity index (χ4n) is 5.67. The predicted octanol–water partition coefficient (Wildman–Crippen LogP) is 3.33. The van der Waals surface area contributed by atoms with Crippen molar-refractivity contribution in [3.63, 3.8) is 0 Å². The highest BCUT2D eigenvalue weighted by molar-refractivity contribution is 5.88. The molecule has 5 atom stereocenters. The molecule has 0 bridgehead atoms. The first-order valence-corrected chi connectivity index (χ1v) is 15.8. The molecule has 1 aliphatic heterocycles. The van der Waals surface area contributed by atoms with E-state index in [2.05, 4.69) is 0 Å². The van der Waals surface area contributed by atoms with Gasteiger partial charge in [-0.25, -0.2) is 8.78 Å². The summed E-state index contributed by atoms with van der Waals surface area (Å²) in [6.45, 7) is -0.908. The average molecular weight is 737 g/mol. The SMILES string of the molecule is O=C(Cc1ccc(F)cc1)OC1C(O)C(CO)O[C@@H](Oc2c(-c3ccc(O)c(O)c3)oc3cc(O)cc(O)c3c2=O)[C@H]1OC(=O)Cc1ccc(F)cc1. The van der Waals surface area contributed by atoms with E-state index < -0.39 is 119 Å². The Morgan fingerprint density at radius 1 is 0.736 bits per heavy atom. The first-order valence-electron chi connectivity index (χ1n) is 15.8. The molecule has 1 aromatic heterocycles. The van der Waals surface area contributed by atoms with Crippen LogP contribution in [0.2, 0.25) is 0 Å². The Hall–Kier alpha value is -6.23. The van der Waals surface area contributed by atoms with Crippen LogP contribution in [0.4, 0.5) is 8.78 Å². The molecule has 0 radical (unpaired) electrons. The van der Waals surface area contributed by atoms with Crippen LogP contribution >= 0.6 is 0 Å². The standard InChI is InChI=1S/C37H30F2O14/c38-20-6-1-17(2-7-20)11-28(45)51-34-31(47)27(16-40)50-37(36(34)52-29(46)12-18-3-8-21(39)9-4-18)53-35-32(48)30-25(44)14-22(41)15-26(30)49-33(35)19-5-10-23(42)24(43)13-19/h1-10,13-15,27,31,34,36-37,40-44,47H,11-12,16H2/t27?,31?,34?,36-,37-/m0/s1. The van der Waals surface area contributed by atoms with Crippen molar-refractivity contribution in [2.24, 2.45) is 0 Å². The molecule has 14 nitrogen and oxygen atoms in total. The minimum atomic E-state index is -1.99. The van der Waals surface area contributed by atoms with Gasteiger partial charge >= 0.3 is 11.9 Å². The Kier molecular flexibility index (Phi) is 10.5. The molecule has 1 saturated heterocycles. The van der Waals surface area contributed by atoms with Gasteiger partial charge in [-0.15, -0.1) is 0 Å². The fraction of sp³-hybridized carbons (Fsp3) is 0.216. The molecule has 1 fully saturated rings. The number of aliphatic hydroxyl groups is 2. The fourth-order valence-corrected chi connectivity index (χ4v) is 5.67. The molecule has 0 amide bonds. The van der Waals surface area contributed by atoms with Crippen LogP contribution in [0.1, 0.15) is 11.1 Å². The van der Waals surface area contributed by atoms with E-state index in [1.165, 1.54) is 30.3 Å². The second kappa shape index (κ2) is 15.2. The van der Waals surface area contributed by atoms with Crippen LogP contribution in [0.25, 0.3) is 22.3 Å². The van der Waals surface area contributed by atoms with E-state index in [1.54, 1.807) is 0 Å². The molecule has 2 heterocycles. The van der Waals surface area contributed by atoms with Crippen LogP contribution in [0.5, 0.6) is 28.7 Å². The summed E-state index contributed by atoms with van der Waals surface area (Å²) in [5, 5.41) is 61.7. The van der Waals surface area contributed by atoms with Crippen molar-refractivity contribution in [2.45, 2.75) is 43.5 Å². The van der Waals surface area contributed by atoms with Gasteiger partial charge in [0, 0.05) is 17.7 Å². The van der Waals surface area contributed by atoms with Gasteiger partial charge in [0.1, 0.15) is 46.3 Å². The number of carbonyl (C=O) groups excluding carboxylic acids is 2. The normalized spacial score (nSPS) is 19.8. The number of rotatable bonds is 10. The van der Waals surface area contributed by atoms with Gasteiger partial charge in [0.2, 0.25) is 23.6 Å². The molecular weight excluding hydrogens is 706 g/mol. The lowest BCUT2D eigenvalue weighted by Gasteiger charge is -2.42. The highest BCUT2D eigenvalue weighted by Crippen LogP contribution is 2.40. The first-order chi connectivity index (χ1) is 25.3. The quantitative estimate of drug-likeness (QED) is 0.0895. The van der Waals surface area contributed by atoms with E-state index >= 15 is 0 Å². The third-order valence-corrected chi connectivity index (χ3v) is 8.25. The Bertz CT molecular complexity index is 2200. The molecule has 5 aromatic rings. The maximum atomic E-state index is 14.0. The van der Waals surface area contributed by atoms with Crippen LogP contribution in [0.15, 0.2) is 88.1 Å². The van der Waals surface area contributed by atoms with Crippen molar-refractivity contribution < 1.29 is 72.4 Å². The smallest absolute Gasteiger partial charge is 0.310 e. The van der Waals surface area contributed by atoms with Gasteiger partial charge in [0.05, 0.1) is 19.4 Å². The van der Waals surface area contributed by atoms with Crippen LogP contribution < -0.4 is 10.2 Å². The molecule has 276 valence electrons. The summed E-state index contributed by atoms with van der Waals surface area (Å²) in [5.41, 5.74) is -0.893. The summed E-state index contributed by atoms with van der Waals surface area (Å²) in [5.74, 6) is -6.76. The zero-order valence-corrected chi connectivity index (χ0v) is 27.2. The number of aromatic hydroxyl groups is 4. The Morgan fingerprint density at radius 3 is 1.89 bits per heavy atom. The highest BCUT2D eigenvalue weighted by Gasteiger charge is 2.51. The van der Waals surface area contributed by atoms with Crippen molar-refractivity contribution >= 4 is 22.9 Å². The molecular formula is C37H30F2O14. The monoisotopic (exact) mass is 736 g/mol. The minimum Gasteiger partial charge on any atom is -0.508 e. The summed E-state index contributed by atoms with van der Waals surface area (Å²) in [7, 11) is 0. The summed E-state index contributed by atoms with van der Waals surface area (Å²) >= 11 is 0. The summed E-state index contributed by atoms with van der Waals surface area (Å²) in [6, 6.07) is 14.8. The molecule has 0 saturated carbocycles. The predicted molar refractivity (Wildman–Crippen MR) is 177 cm³/mol. The highest BCUT2D eigenvalue weighted by atomic mass is 19.1. The van der Waals surface area contributed by atoms with E-state index in [0.29, 0.717) is 11.1 Å². The van der Waals surface area contributed by atoms with Gasteiger partial charge in [-0.3, -0.25) is 14.4 Å². The number of fused-ring (bicyclic) bond motifs is 1. The summed E-state index contributed by atoms with van der Waals surface area (Å²) < 4.78 is 55.9. The number of esters is 2. The molecule has 6 N–H and O–H groups in total. The third-order valence-electron chi connectivity index (χ3n) is 8.25. The number of hydrogen-bond donors (Lipinski definition) is 6. The van der Waals surface area contributed by atoms with Crippen LogP contribution in [-0.4, -0.2) is 79.9 Å². The number of phenolic OH excluding ortho intramolecular Hbond substituents is 4. The number of ether oxygens (including phenoxy) is 4. The van der Waals surface area contributed by atoms with E-state index in [9.17, 15) is 53.8 Å². The van der Waals surface area contributed by atoms with E-state index in [-0.39, 0.29) is 11.1 Å². The Morgan fingerprint density at radius 2 is 1.32 bits per heavy atom. The van der Waals surface area contributed by atoms with Gasteiger partial charge in [-0.1, -0.05) is 24.3 Å². The van der Waals surface area contributed by atoms with Crippen LogP contribution in [-0.2, 0) is 36.6 Å². The molecule has 1 aliphatic rings. The van der Waals surface area contributed by atoms with Crippen molar-refractivity contribution in [2.75, 3.05) is 6.61 Å². The number of carbonyl (C=O) groups is 2. The molecule has 3 unspecified atom stereocenters. The Balaban J connectivity index is 1.44. The lowest BCUT2D eigenvalue weighted by molar-refractivity contribution is -0.285. The number of aliphatic hydroxyl groups excluding tert-OH is 2. The topological polar surface area (TPSA) is 223 Å². The second-order valence-electron chi connectivity index (χ2n) is 12.0. The second-order valence-corrected chi connectivity index (χ2v) is 12.0. The van der Waals surface area contributed by atoms with E-state index in [1.807, 2.05) is 0 Å². The zero-order chi connectivity index (χ0) is 38.0. The van der Waals surface area contributed by atoms with Gasteiger partial charge in [0.25, 0.3) is 0 Å². The van der Waals surface area contributed by atoms with Crippen LogP contribution in [0.3, 0.4) is 0 Å². The van der Waals surface area contributed by atoms with Crippen LogP contribution in [0, 0.1) is 11.6 Å². The molecule has 0 aliphatic carbocycles. The lowest BCUT2D eigenvalue weighted by atomic mass is 9.98. The molecule has 16 heteroatoms. The summed E-state index contributed by atoms with van der Waals surface area (Å²) in [4.78, 5) is 40.6. The molecule has 4 aromatic carbocycles. The summed E-state index contributed by atoms with van der Waals surface area (Å²) in [6.07, 6.45) is -10.1. The van der Waals surface area contributed by atoms with E-state index in [4.69, 9.17) is 23.4 Å².